The average molecular weight is 280 g/mol. The third kappa shape index (κ3) is 2.75. The summed E-state index contributed by atoms with van der Waals surface area (Å²) in [6.45, 7) is 6.43. The Kier molecular flexibility index (Phi) is 3.97. The molecule has 0 fully saturated rings. The molecule has 1 heteroatoms. The highest BCUT2D eigenvalue weighted by molar-refractivity contribution is 6.32. The molecule has 0 aliphatic carbocycles. The summed E-state index contributed by atoms with van der Waals surface area (Å²) >= 11 is 0. The van der Waals surface area contributed by atoms with E-state index in [0.717, 1.165) is 22.2 Å². The maximum atomic E-state index is 5.91. The maximum Gasteiger partial charge on any atom is 0.113 e. The van der Waals surface area contributed by atoms with Crippen molar-refractivity contribution in [1.29, 1.82) is 0 Å². The van der Waals surface area contributed by atoms with Gasteiger partial charge in [0.25, 0.3) is 0 Å². The zero-order valence-corrected chi connectivity index (χ0v) is 12.7. The van der Waals surface area contributed by atoms with Crippen LogP contribution in [0, 0.1) is 6.92 Å². The molecule has 2 radical (unpaired) electrons. The third-order valence-corrected chi connectivity index (χ3v) is 3.92. The van der Waals surface area contributed by atoms with Crippen LogP contribution in [0.4, 0.5) is 0 Å². The highest BCUT2D eigenvalue weighted by Crippen LogP contribution is 2.32. The van der Waals surface area contributed by atoms with E-state index in [1.54, 1.807) is 0 Å². The standard InChI is InChI=1S/C21H17B/c1-15-8-3-4-11-19(15)21-13-6-5-12-20(21)16(2)17-9-7-10-18(22)14-17/h3-14H,2H2,1H3. The van der Waals surface area contributed by atoms with Gasteiger partial charge < -0.3 is 0 Å². The number of rotatable bonds is 3. The highest BCUT2D eigenvalue weighted by Gasteiger charge is 2.10. The SMILES string of the molecule is [B]c1cccc(C(=C)c2ccccc2-c2ccccc2C)c1. The van der Waals surface area contributed by atoms with Crippen LogP contribution >= 0.6 is 0 Å². The second kappa shape index (κ2) is 6.07. The number of hydrogen-bond donors (Lipinski definition) is 0. The fourth-order valence-corrected chi connectivity index (χ4v) is 2.74. The van der Waals surface area contributed by atoms with E-state index in [1.165, 1.54) is 16.7 Å². The van der Waals surface area contributed by atoms with Crippen molar-refractivity contribution in [3.63, 3.8) is 0 Å². The van der Waals surface area contributed by atoms with Gasteiger partial charge in [-0.05, 0) is 40.3 Å². The molecule has 0 saturated heterocycles. The second-order valence-electron chi connectivity index (χ2n) is 5.46. The first-order chi connectivity index (χ1) is 10.7. The van der Waals surface area contributed by atoms with Gasteiger partial charge >= 0.3 is 0 Å². The molecule has 0 saturated carbocycles. The highest BCUT2D eigenvalue weighted by atomic mass is 14.1. The molecule has 3 rings (SSSR count). The lowest BCUT2D eigenvalue weighted by atomic mass is 9.87. The second-order valence-corrected chi connectivity index (χ2v) is 5.46. The van der Waals surface area contributed by atoms with E-state index in [2.05, 4.69) is 62.0 Å². The average Bonchev–Trinajstić information content (AvgIpc) is 2.55. The van der Waals surface area contributed by atoms with E-state index in [1.807, 2.05) is 24.3 Å². The molecule has 0 amide bonds. The molecule has 0 heterocycles. The zero-order chi connectivity index (χ0) is 15.5. The fraction of sp³-hybridized carbons (Fsp3) is 0.0476. The van der Waals surface area contributed by atoms with E-state index >= 15 is 0 Å². The van der Waals surface area contributed by atoms with Crippen molar-refractivity contribution in [2.75, 3.05) is 0 Å². The van der Waals surface area contributed by atoms with E-state index < -0.39 is 0 Å². The molecule has 3 aromatic carbocycles. The van der Waals surface area contributed by atoms with Crippen molar-refractivity contribution >= 4 is 18.9 Å². The molecule has 0 atom stereocenters. The first-order valence-corrected chi connectivity index (χ1v) is 7.37. The van der Waals surface area contributed by atoms with Gasteiger partial charge in [-0.1, -0.05) is 84.8 Å². The molecule has 22 heavy (non-hydrogen) atoms. The van der Waals surface area contributed by atoms with Crippen LogP contribution in [-0.4, -0.2) is 7.85 Å². The summed E-state index contributed by atoms with van der Waals surface area (Å²) in [5.41, 5.74) is 7.65. The molecule has 104 valence electrons. The van der Waals surface area contributed by atoms with E-state index in [0.29, 0.717) is 0 Å². The van der Waals surface area contributed by atoms with Crippen LogP contribution in [0.2, 0.25) is 0 Å². The van der Waals surface area contributed by atoms with Gasteiger partial charge in [0.1, 0.15) is 7.85 Å². The Morgan fingerprint density at radius 3 is 2.23 bits per heavy atom. The van der Waals surface area contributed by atoms with Crippen molar-refractivity contribution in [2.45, 2.75) is 6.92 Å². The van der Waals surface area contributed by atoms with Crippen molar-refractivity contribution < 1.29 is 0 Å². The summed E-state index contributed by atoms with van der Waals surface area (Å²) in [4.78, 5) is 0. The van der Waals surface area contributed by atoms with Gasteiger partial charge in [0, 0.05) is 0 Å². The third-order valence-electron chi connectivity index (χ3n) is 3.92. The molecule has 0 aliphatic rings. The summed E-state index contributed by atoms with van der Waals surface area (Å²) in [5, 5.41) is 0. The van der Waals surface area contributed by atoms with E-state index in [4.69, 9.17) is 7.85 Å². The Balaban J connectivity index is 2.13. The normalized spacial score (nSPS) is 10.4. The fourth-order valence-electron chi connectivity index (χ4n) is 2.74. The minimum atomic E-state index is 0.757. The van der Waals surface area contributed by atoms with Gasteiger partial charge in [-0.2, -0.15) is 0 Å². The topological polar surface area (TPSA) is 0 Å². The number of hydrogen-bond acceptors (Lipinski definition) is 0. The lowest BCUT2D eigenvalue weighted by Gasteiger charge is -2.15. The van der Waals surface area contributed by atoms with Crippen LogP contribution in [0.3, 0.4) is 0 Å². The van der Waals surface area contributed by atoms with E-state index in [-0.39, 0.29) is 0 Å². The van der Waals surface area contributed by atoms with Crippen LogP contribution in [0.5, 0.6) is 0 Å². The van der Waals surface area contributed by atoms with Crippen LogP contribution < -0.4 is 5.46 Å². The van der Waals surface area contributed by atoms with Gasteiger partial charge in [0.2, 0.25) is 0 Å². The van der Waals surface area contributed by atoms with Gasteiger partial charge in [-0.3, -0.25) is 0 Å². The molecule has 0 spiro atoms. The van der Waals surface area contributed by atoms with Crippen molar-refractivity contribution in [3.05, 3.63) is 96.1 Å². The summed E-state index contributed by atoms with van der Waals surface area (Å²) in [6.07, 6.45) is 0. The summed E-state index contributed by atoms with van der Waals surface area (Å²) in [6, 6.07) is 24.7. The minimum Gasteiger partial charge on any atom is -0.0961 e. The Hall–Kier alpha value is -2.54. The molecule has 0 nitrogen and oxygen atoms in total. The number of benzene rings is 3. The Morgan fingerprint density at radius 2 is 1.50 bits per heavy atom. The quantitative estimate of drug-likeness (QED) is 0.619. The summed E-state index contributed by atoms with van der Waals surface area (Å²) in [5.74, 6) is 0. The zero-order valence-electron chi connectivity index (χ0n) is 12.7. The lowest BCUT2D eigenvalue weighted by molar-refractivity contribution is 1.44. The Labute approximate surface area is 133 Å². The van der Waals surface area contributed by atoms with Crippen LogP contribution in [0.15, 0.2) is 79.4 Å². The molecular formula is C21H17B. The monoisotopic (exact) mass is 280 g/mol. The summed E-state index contributed by atoms with van der Waals surface area (Å²) < 4.78 is 0. The van der Waals surface area contributed by atoms with Gasteiger partial charge in [0.05, 0.1) is 0 Å². The first kappa shape index (κ1) is 14.4. The molecule has 0 bridgehead atoms. The molecular weight excluding hydrogens is 263 g/mol. The van der Waals surface area contributed by atoms with Crippen molar-refractivity contribution in [3.8, 4) is 11.1 Å². The smallest absolute Gasteiger partial charge is 0.0961 e. The van der Waals surface area contributed by atoms with Crippen molar-refractivity contribution in [2.24, 2.45) is 0 Å². The minimum absolute atomic E-state index is 0.757. The Bertz CT molecular complexity index is 831. The molecule has 0 aromatic heterocycles. The largest absolute Gasteiger partial charge is 0.113 e. The number of aryl methyl sites for hydroxylation is 1. The Morgan fingerprint density at radius 1 is 0.818 bits per heavy atom. The van der Waals surface area contributed by atoms with E-state index in [9.17, 15) is 0 Å². The summed E-state index contributed by atoms with van der Waals surface area (Å²) in [7, 11) is 5.91. The first-order valence-electron chi connectivity index (χ1n) is 7.37. The van der Waals surface area contributed by atoms with Gasteiger partial charge in [-0.15, -0.1) is 0 Å². The van der Waals surface area contributed by atoms with Crippen LogP contribution in [0.1, 0.15) is 16.7 Å². The van der Waals surface area contributed by atoms with Crippen LogP contribution in [-0.2, 0) is 0 Å². The van der Waals surface area contributed by atoms with Crippen LogP contribution in [0.25, 0.3) is 16.7 Å². The molecule has 0 N–H and O–H groups in total. The predicted molar refractivity (Wildman–Crippen MR) is 96.6 cm³/mol. The predicted octanol–water partition coefficient (Wildman–Crippen LogP) is 4.52. The van der Waals surface area contributed by atoms with Gasteiger partial charge in [-0.25, -0.2) is 0 Å². The molecule has 0 unspecified atom stereocenters. The molecule has 0 aliphatic heterocycles. The van der Waals surface area contributed by atoms with Crippen molar-refractivity contribution in [1.82, 2.24) is 0 Å². The van der Waals surface area contributed by atoms with Gasteiger partial charge in [0.15, 0.2) is 0 Å². The maximum absolute atomic E-state index is 5.91. The molecule has 3 aromatic rings. The lowest BCUT2D eigenvalue weighted by Crippen LogP contribution is -2.02.